The zero-order valence-corrected chi connectivity index (χ0v) is 17.7. The molecule has 1 aromatic rings. The van der Waals surface area contributed by atoms with Gasteiger partial charge in [-0.25, -0.2) is 0 Å². The van der Waals surface area contributed by atoms with E-state index >= 15 is 0 Å². The summed E-state index contributed by atoms with van der Waals surface area (Å²) in [6, 6.07) is 1.40. The van der Waals surface area contributed by atoms with Crippen molar-refractivity contribution in [2.45, 2.75) is 11.8 Å². The monoisotopic (exact) mass is 527 g/mol. The number of rotatable bonds is 3. The molecule has 2 heterocycles. The van der Waals surface area contributed by atoms with E-state index in [2.05, 4.69) is 21.3 Å². The Morgan fingerprint density at radius 3 is 2.04 bits per heavy atom. The fourth-order valence-electron chi connectivity index (χ4n) is 1.46. The summed E-state index contributed by atoms with van der Waals surface area (Å²) < 4.78 is 26.9. The molecule has 0 spiro atoms. The van der Waals surface area contributed by atoms with Crippen molar-refractivity contribution in [1.29, 1.82) is 0 Å². The molecule has 1 aliphatic heterocycles. The molecule has 156 valence electrons. The zero-order valence-electron chi connectivity index (χ0n) is 13.8. The molecule has 9 nitrogen and oxygen atoms in total. The highest BCUT2D eigenvalue weighted by molar-refractivity contribution is 9.10. The first-order valence-electron chi connectivity index (χ1n) is 7.00. The number of carbonyl (C=O) groups is 5. The maximum absolute atomic E-state index is 11.3. The summed E-state index contributed by atoms with van der Waals surface area (Å²) in [5.41, 5.74) is 0. The summed E-state index contributed by atoms with van der Waals surface area (Å²) in [5, 5.41) is 0.0447. The highest BCUT2D eigenvalue weighted by Crippen LogP contribution is 2.23. The lowest BCUT2D eigenvalue weighted by molar-refractivity contribution is -0.153. The predicted octanol–water partition coefficient (Wildman–Crippen LogP) is 2.83. The highest BCUT2D eigenvalue weighted by atomic mass is 79.9. The minimum Gasteiger partial charge on any atom is -0.352 e. The van der Waals surface area contributed by atoms with Crippen molar-refractivity contribution in [2.75, 3.05) is 19.6 Å². The third kappa shape index (κ3) is 9.04. The first-order chi connectivity index (χ1) is 12.8. The summed E-state index contributed by atoms with van der Waals surface area (Å²) in [4.78, 5) is 51.1. The van der Waals surface area contributed by atoms with Crippen LogP contribution in [0.3, 0.4) is 0 Å². The number of nitrogens with zero attached hydrogens (tertiary/aromatic N) is 3. The van der Waals surface area contributed by atoms with E-state index in [0.29, 0.717) is 13.1 Å². The fraction of sp³-hybridized carbons (Fsp3) is 0.385. The average Bonchev–Trinajstić information content (AvgIpc) is 3.12. The van der Waals surface area contributed by atoms with E-state index in [-0.39, 0.29) is 12.3 Å². The molecule has 1 saturated heterocycles. The van der Waals surface area contributed by atoms with Gasteiger partial charge in [0.2, 0.25) is 5.76 Å². The van der Waals surface area contributed by atoms with Gasteiger partial charge in [0, 0.05) is 41.6 Å². The Bertz CT molecular complexity index is 730. The summed E-state index contributed by atoms with van der Waals surface area (Å²) in [6.45, 7) is 2.78. The van der Waals surface area contributed by atoms with Crippen molar-refractivity contribution in [2.24, 2.45) is 0 Å². The van der Waals surface area contributed by atoms with Gasteiger partial charge in [0.25, 0.3) is 5.24 Å². The minimum atomic E-state index is -3.56. The molecule has 1 fully saturated rings. The van der Waals surface area contributed by atoms with Gasteiger partial charge in [-0.05, 0) is 41.7 Å². The van der Waals surface area contributed by atoms with Gasteiger partial charge >= 0.3 is 27.3 Å². The van der Waals surface area contributed by atoms with Crippen LogP contribution in [0, 0.1) is 0 Å². The number of hydrogen-bond donors (Lipinski definition) is 0. The summed E-state index contributed by atoms with van der Waals surface area (Å²) in [5.74, 6) is -1.43. The molecule has 0 atom stereocenters. The zero-order chi connectivity index (χ0) is 22.1. The number of aromatic nitrogens is 1. The molecule has 0 N–H and O–H groups in total. The number of amides is 3. The Labute approximate surface area is 179 Å². The van der Waals surface area contributed by atoms with Gasteiger partial charge in [0.05, 0.1) is 6.20 Å². The van der Waals surface area contributed by atoms with Crippen molar-refractivity contribution >= 4 is 78.4 Å². The van der Waals surface area contributed by atoms with Gasteiger partial charge < -0.3 is 9.42 Å². The lowest BCUT2D eigenvalue weighted by Crippen LogP contribution is -2.54. The molecular weight excluding hydrogens is 518 g/mol. The van der Waals surface area contributed by atoms with Crippen LogP contribution >= 0.6 is 50.7 Å². The first kappa shape index (κ1) is 26.4. The number of piperazine rings is 1. The second-order valence-electron chi connectivity index (χ2n) is 4.52. The van der Waals surface area contributed by atoms with E-state index < -0.39 is 32.5 Å². The Hall–Kier alpha value is -1.63. The summed E-state index contributed by atoms with van der Waals surface area (Å²) in [6.07, 6.45) is 1.36. The van der Waals surface area contributed by atoms with Crippen LogP contribution < -0.4 is 0 Å². The van der Waals surface area contributed by atoms with Gasteiger partial charge in [-0.3, -0.25) is 28.9 Å². The smallest absolute Gasteiger partial charge is 0.352 e. The number of imide groups is 1. The van der Waals surface area contributed by atoms with E-state index in [0.717, 1.165) is 4.90 Å². The lowest BCUT2D eigenvalue weighted by Gasteiger charge is -2.30. The molecule has 1 aromatic heterocycles. The molecule has 3 amide bonds. The number of likely N-dealkylation sites (N-methyl/N-ethyl adjacent to an activating group) is 1. The molecule has 0 aromatic carbocycles. The van der Waals surface area contributed by atoms with Crippen LogP contribution in [0.15, 0.2) is 16.8 Å². The van der Waals surface area contributed by atoms with Crippen molar-refractivity contribution in [3.63, 3.8) is 0 Å². The fourth-order valence-corrected chi connectivity index (χ4v) is 1.72. The molecule has 2 rings (SSSR count). The second-order valence-corrected chi connectivity index (χ2v) is 6.52. The molecule has 0 bridgehead atoms. The van der Waals surface area contributed by atoms with Gasteiger partial charge in [-0.1, -0.05) is 5.16 Å². The van der Waals surface area contributed by atoms with E-state index in [1.807, 2.05) is 0 Å². The van der Waals surface area contributed by atoms with Crippen molar-refractivity contribution < 1.29 is 37.3 Å². The summed E-state index contributed by atoms with van der Waals surface area (Å²) >= 11 is 16.1. The highest BCUT2D eigenvalue weighted by Gasteiger charge is 2.34. The normalized spacial score (nSPS) is 13.8. The number of halogens is 6. The SMILES string of the molecule is CCN1CCN(C(=O)Cl)C(=O)C1=O.O=C(Cl)C(F)(F)Br.O=C(Cl)c1ccno1. The Kier molecular flexibility index (Phi) is 11.3. The standard InChI is InChI=1S/C7H9ClN2O3.C4H2ClNO2.C2BrClF2O/c1-2-9-3-4-10(7(8)13)6(12)5(9)11;5-4(7)3-1-2-6-8-3;3-2(5,6)1(4)7/h2-4H2,1H3;1-2H;. The average molecular weight is 530 g/mol. The predicted molar refractivity (Wildman–Crippen MR) is 96.6 cm³/mol. The number of hydrogen-bond acceptors (Lipinski definition) is 7. The van der Waals surface area contributed by atoms with Crippen LogP contribution in [0.4, 0.5) is 13.6 Å². The first-order valence-corrected chi connectivity index (χ1v) is 8.92. The summed E-state index contributed by atoms with van der Waals surface area (Å²) in [7, 11) is 0. The molecular formula is C13H11BrCl3F2N3O6. The Balaban J connectivity index is 0.000000419. The Morgan fingerprint density at radius 2 is 1.75 bits per heavy atom. The second kappa shape index (κ2) is 12.0. The molecule has 28 heavy (non-hydrogen) atoms. The van der Waals surface area contributed by atoms with Crippen LogP contribution in [-0.4, -0.2) is 67.1 Å². The molecule has 0 radical (unpaired) electrons. The van der Waals surface area contributed by atoms with Gasteiger partial charge in [-0.15, -0.1) is 0 Å². The van der Waals surface area contributed by atoms with Crippen LogP contribution in [0.5, 0.6) is 0 Å². The van der Waals surface area contributed by atoms with Crippen LogP contribution in [0.1, 0.15) is 17.5 Å². The molecule has 0 saturated carbocycles. The maximum atomic E-state index is 11.3. The van der Waals surface area contributed by atoms with Crippen molar-refractivity contribution in [3.8, 4) is 0 Å². The van der Waals surface area contributed by atoms with Gasteiger partial charge in [0.1, 0.15) is 0 Å². The topological polar surface area (TPSA) is 118 Å². The lowest BCUT2D eigenvalue weighted by atomic mass is 10.3. The van der Waals surface area contributed by atoms with E-state index in [4.69, 9.17) is 23.2 Å². The number of carbonyl (C=O) groups excluding carboxylic acids is 5. The van der Waals surface area contributed by atoms with Crippen LogP contribution in [0.2, 0.25) is 0 Å². The van der Waals surface area contributed by atoms with E-state index in [9.17, 15) is 32.8 Å². The number of alkyl halides is 3. The van der Waals surface area contributed by atoms with Crippen molar-refractivity contribution in [3.05, 3.63) is 18.0 Å². The molecule has 1 aliphatic rings. The Morgan fingerprint density at radius 1 is 1.21 bits per heavy atom. The van der Waals surface area contributed by atoms with Gasteiger partial charge in [-0.2, -0.15) is 8.78 Å². The van der Waals surface area contributed by atoms with Crippen LogP contribution in [0.25, 0.3) is 0 Å². The van der Waals surface area contributed by atoms with Gasteiger partial charge in [0.15, 0.2) is 0 Å². The quantitative estimate of drug-likeness (QED) is 0.256. The maximum Gasteiger partial charge on any atom is 0.373 e. The molecule has 0 aliphatic carbocycles. The van der Waals surface area contributed by atoms with Crippen molar-refractivity contribution in [1.82, 2.24) is 15.0 Å². The minimum absolute atomic E-state index is 0.0756. The molecule has 0 unspecified atom stereocenters. The van der Waals surface area contributed by atoms with E-state index in [1.165, 1.54) is 17.2 Å². The van der Waals surface area contributed by atoms with E-state index in [1.54, 1.807) is 22.9 Å². The van der Waals surface area contributed by atoms with Crippen LogP contribution in [-0.2, 0) is 14.4 Å². The third-order valence-electron chi connectivity index (χ3n) is 2.76. The molecule has 15 heteroatoms. The largest absolute Gasteiger partial charge is 0.373 e. The third-order valence-corrected chi connectivity index (χ3v) is 3.97.